The molecule has 32 heavy (non-hydrogen) atoms. The van der Waals surface area contributed by atoms with Crippen LogP contribution in [0.5, 0.6) is 0 Å². The molecule has 0 spiro atoms. The summed E-state index contributed by atoms with van der Waals surface area (Å²) in [5.41, 5.74) is 0.784. The van der Waals surface area contributed by atoms with Gasteiger partial charge in [-0.1, -0.05) is 12.1 Å². The third-order valence-corrected chi connectivity index (χ3v) is 5.98. The molecular formula is C23H26FN5O3. The molecule has 1 atom stereocenters. The molecule has 4 rings (SSSR count). The van der Waals surface area contributed by atoms with Gasteiger partial charge in [-0.2, -0.15) is 0 Å². The number of nitrogens with one attached hydrogen (secondary N) is 1. The summed E-state index contributed by atoms with van der Waals surface area (Å²) in [6.45, 7) is 2.98. The van der Waals surface area contributed by atoms with Crippen LogP contribution in [0.25, 0.3) is 0 Å². The number of hydrogen-bond acceptors (Lipinski definition) is 5. The number of piperidine rings is 1. The second-order valence-electron chi connectivity index (χ2n) is 8.18. The summed E-state index contributed by atoms with van der Waals surface area (Å²) in [5, 5.41) is 2.54. The molecule has 0 bridgehead atoms. The Kier molecular flexibility index (Phi) is 6.43. The van der Waals surface area contributed by atoms with Crippen LogP contribution in [0, 0.1) is 12.7 Å². The summed E-state index contributed by atoms with van der Waals surface area (Å²) in [5.74, 6) is -0.630. The number of amides is 3. The van der Waals surface area contributed by atoms with E-state index in [0.29, 0.717) is 31.0 Å². The number of hydrogen-bond donors (Lipinski definition) is 1. The number of anilines is 1. The molecule has 0 unspecified atom stereocenters. The minimum absolute atomic E-state index is 0.0178. The Morgan fingerprint density at radius 3 is 2.72 bits per heavy atom. The van der Waals surface area contributed by atoms with E-state index in [1.807, 2.05) is 0 Å². The molecule has 9 heteroatoms. The van der Waals surface area contributed by atoms with Crippen LogP contribution in [-0.2, 0) is 9.59 Å². The van der Waals surface area contributed by atoms with E-state index < -0.39 is 11.7 Å². The molecule has 2 aliphatic heterocycles. The molecule has 2 aromatic rings. The molecule has 8 nitrogen and oxygen atoms in total. The Balaban J connectivity index is 1.50. The topological polar surface area (TPSA) is 95.5 Å². The number of carbonyl (C=O) groups excluding carboxylic acids is 3. The summed E-state index contributed by atoms with van der Waals surface area (Å²) in [6, 6.07) is 5.64. The summed E-state index contributed by atoms with van der Waals surface area (Å²) in [6.07, 6.45) is 5.26. The van der Waals surface area contributed by atoms with E-state index in [1.54, 1.807) is 28.9 Å². The van der Waals surface area contributed by atoms with E-state index in [1.165, 1.54) is 18.3 Å². The number of para-hydroxylation sites is 1. The lowest BCUT2D eigenvalue weighted by atomic mass is 10.0. The molecule has 2 fully saturated rings. The first-order valence-electron chi connectivity index (χ1n) is 10.9. The highest BCUT2D eigenvalue weighted by atomic mass is 19.1. The van der Waals surface area contributed by atoms with Crippen molar-refractivity contribution in [1.29, 1.82) is 0 Å². The molecule has 3 amide bonds. The van der Waals surface area contributed by atoms with Gasteiger partial charge in [-0.3, -0.25) is 14.4 Å². The Hall–Kier alpha value is -3.36. The Labute approximate surface area is 185 Å². The SMILES string of the molecule is Cc1nc([C@H]2CCCCN2C(=O)CN2CCCC2=O)ncc1C(=O)Nc1ccccc1F. The third-order valence-electron chi connectivity index (χ3n) is 5.98. The predicted molar refractivity (Wildman–Crippen MR) is 115 cm³/mol. The van der Waals surface area contributed by atoms with Gasteiger partial charge in [-0.25, -0.2) is 14.4 Å². The first kappa shape index (κ1) is 21.9. The number of likely N-dealkylation sites (tertiary alicyclic amines) is 2. The summed E-state index contributed by atoms with van der Waals surface area (Å²) < 4.78 is 13.9. The molecule has 1 aromatic carbocycles. The van der Waals surface area contributed by atoms with Crippen molar-refractivity contribution in [3.8, 4) is 0 Å². The molecule has 0 radical (unpaired) electrons. The maximum absolute atomic E-state index is 13.9. The fraction of sp³-hybridized carbons (Fsp3) is 0.435. The van der Waals surface area contributed by atoms with Gasteiger partial charge in [0.05, 0.1) is 29.5 Å². The van der Waals surface area contributed by atoms with Crippen molar-refractivity contribution in [3.05, 3.63) is 53.4 Å². The maximum atomic E-state index is 13.9. The van der Waals surface area contributed by atoms with Crippen LogP contribution in [0.15, 0.2) is 30.5 Å². The van der Waals surface area contributed by atoms with Crippen LogP contribution in [-0.4, -0.2) is 57.1 Å². The van der Waals surface area contributed by atoms with Crippen LogP contribution >= 0.6 is 0 Å². The number of benzene rings is 1. The van der Waals surface area contributed by atoms with Gasteiger partial charge in [0.15, 0.2) is 5.82 Å². The second kappa shape index (κ2) is 9.42. The minimum Gasteiger partial charge on any atom is -0.333 e. The zero-order valence-corrected chi connectivity index (χ0v) is 18.0. The fourth-order valence-electron chi connectivity index (χ4n) is 4.24. The van der Waals surface area contributed by atoms with Crippen LogP contribution in [0.1, 0.15) is 60.0 Å². The third kappa shape index (κ3) is 4.61. The lowest BCUT2D eigenvalue weighted by molar-refractivity contribution is -0.141. The molecule has 2 aliphatic rings. The fourth-order valence-corrected chi connectivity index (χ4v) is 4.24. The first-order valence-corrected chi connectivity index (χ1v) is 10.9. The molecule has 168 valence electrons. The van der Waals surface area contributed by atoms with E-state index in [9.17, 15) is 18.8 Å². The van der Waals surface area contributed by atoms with E-state index in [0.717, 1.165) is 25.7 Å². The average molecular weight is 439 g/mol. The largest absolute Gasteiger partial charge is 0.333 e. The lowest BCUT2D eigenvalue weighted by Gasteiger charge is -2.35. The Morgan fingerprint density at radius 1 is 1.19 bits per heavy atom. The van der Waals surface area contributed by atoms with Crippen LogP contribution in [0.2, 0.25) is 0 Å². The van der Waals surface area contributed by atoms with Crippen molar-refractivity contribution < 1.29 is 18.8 Å². The van der Waals surface area contributed by atoms with Gasteiger partial charge in [-0.15, -0.1) is 0 Å². The highest BCUT2D eigenvalue weighted by molar-refractivity contribution is 6.04. The number of halogens is 1. The van der Waals surface area contributed by atoms with Gasteiger partial charge in [0.1, 0.15) is 5.82 Å². The summed E-state index contributed by atoms with van der Waals surface area (Å²) in [4.78, 5) is 49.7. The van der Waals surface area contributed by atoms with Crippen molar-refractivity contribution in [2.75, 3.05) is 25.0 Å². The number of nitrogens with zero attached hydrogens (tertiary/aromatic N) is 4. The van der Waals surface area contributed by atoms with Crippen LogP contribution in [0.4, 0.5) is 10.1 Å². The van der Waals surface area contributed by atoms with Crippen LogP contribution < -0.4 is 5.32 Å². The first-order chi connectivity index (χ1) is 15.4. The van der Waals surface area contributed by atoms with Crippen LogP contribution in [0.3, 0.4) is 0 Å². The molecular weight excluding hydrogens is 413 g/mol. The van der Waals surface area contributed by atoms with E-state index >= 15 is 0 Å². The monoisotopic (exact) mass is 439 g/mol. The smallest absolute Gasteiger partial charge is 0.259 e. The number of carbonyl (C=O) groups is 3. The van der Waals surface area contributed by atoms with Crippen molar-refractivity contribution >= 4 is 23.4 Å². The number of rotatable bonds is 5. The molecule has 0 saturated carbocycles. The van der Waals surface area contributed by atoms with E-state index in [-0.39, 0.29) is 35.7 Å². The van der Waals surface area contributed by atoms with E-state index in [2.05, 4.69) is 15.3 Å². The van der Waals surface area contributed by atoms with Crippen molar-refractivity contribution in [3.63, 3.8) is 0 Å². The average Bonchev–Trinajstić information content (AvgIpc) is 3.19. The second-order valence-corrected chi connectivity index (χ2v) is 8.18. The van der Waals surface area contributed by atoms with Crippen molar-refractivity contribution in [2.24, 2.45) is 0 Å². The van der Waals surface area contributed by atoms with Gasteiger partial charge < -0.3 is 15.1 Å². The molecule has 1 N–H and O–H groups in total. The van der Waals surface area contributed by atoms with Crippen molar-refractivity contribution in [2.45, 2.75) is 45.1 Å². The number of aryl methyl sites for hydroxylation is 1. The maximum Gasteiger partial charge on any atom is 0.259 e. The number of aromatic nitrogens is 2. The summed E-state index contributed by atoms with van der Waals surface area (Å²) >= 11 is 0. The highest BCUT2D eigenvalue weighted by Crippen LogP contribution is 2.30. The predicted octanol–water partition coefficient (Wildman–Crippen LogP) is 2.85. The standard InChI is InChI=1S/C23H26FN5O3/c1-15-16(23(32)27-18-8-3-2-7-17(18)24)13-25-22(26-15)19-9-4-5-12-29(19)21(31)14-28-11-6-10-20(28)30/h2-3,7-8,13,19H,4-6,9-12,14H2,1H3,(H,27,32)/t19-/m1/s1. The Bertz CT molecular complexity index is 1040. The van der Waals surface area contributed by atoms with Crippen molar-refractivity contribution in [1.82, 2.24) is 19.8 Å². The zero-order chi connectivity index (χ0) is 22.7. The minimum atomic E-state index is -0.524. The van der Waals surface area contributed by atoms with Gasteiger partial charge in [0.2, 0.25) is 11.8 Å². The molecule has 3 heterocycles. The zero-order valence-electron chi connectivity index (χ0n) is 18.0. The van der Waals surface area contributed by atoms with Gasteiger partial charge in [0, 0.05) is 25.7 Å². The molecule has 0 aliphatic carbocycles. The lowest BCUT2D eigenvalue weighted by Crippen LogP contribution is -2.45. The quantitative estimate of drug-likeness (QED) is 0.773. The summed E-state index contributed by atoms with van der Waals surface area (Å²) in [7, 11) is 0. The molecule has 2 saturated heterocycles. The van der Waals surface area contributed by atoms with Gasteiger partial charge in [0.25, 0.3) is 5.91 Å². The normalized spacial score (nSPS) is 18.7. The Morgan fingerprint density at radius 2 is 2.00 bits per heavy atom. The molecule has 1 aromatic heterocycles. The van der Waals surface area contributed by atoms with E-state index in [4.69, 9.17) is 0 Å². The highest BCUT2D eigenvalue weighted by Gasteiger charge is 2.33. The van der Waals surface area contributed by atoms with Gasteiger partial charge in [-0.05, 0) is 44.7 Å². The van der Waals surface area contributed by atoms with Gasteiger partial charge >= 0.3 is 0 Å².